The molecule has 2 atom stereocenters. The summed E-state index contributed by atoms with van der Waals surface area (Å²) in [5, 5.41) is 27.4. The Hall–Kier alpha value is -0.160. The van der Waals surface area contributed by atoms with Gasteiger partial charge in [-0.2, -0.15) is 0 Å². The van der Waals surface area contributed by atoms with Crippen LogP contribution in [0.15, 0.2) is 0 Å². The molecule has 0 aliphatic carbocycles. The standard InChI is InChI=1S/C21H44O4/c1-2-3-4-5-6-7-8-9-10-11-12-13-14-15-16-17-21(24)25-19-20(23)18-22/h20-24H,2-19H2,1H3. The summed E-state index contributed by atoms with van der Waals surface area (Å²) >= 11 is 0. The molecular formula is C21H44O4. The summed E-state index contributed by atoms with van der Waals surface area (Å²) in [7, 11) is 0. The Morgan fingerprint density at radius 2 is 1.04 bits per heavy atom. The van der Waals surface area contributed by atoms with E-state index in [4.69, 9.17) is 14.9 Å². The molecule has 4 heteroatoms. The highest BCUT2D eigenvalue weighted by atomic mass is 16.6. The Labute approximate surface area is 156 Å². The molecule has 0 heterocycles. The molecule has 4 nitrogen and oxygen atoms in total. The summed E-state index contributed by atoms with van der Waals surface area (Å²) < 4.78 is 5.06. The van der Waals surface area contributed by atoms with E-state index in [1.54, 1.807) is 0 Å². The minimum absolute atomic E-state index is 0.00356. The van der Waals surface area contributed by atoms with Gasteiger partial charge in [-0.3, -0.25) is 0 Å². The van der Waals surface area contributed by atoms with Gasteiger partial charge in [-0.05, 0) is 12.8 Å². The number of aliphatic hydroxyl groups excluding tert-OH is 3. The number of unbranched alkanes of at least 4 members (excludes halogenated alkanes) is 14. The smallest absolute Gasteiger partial charge is 0.154 e. The van der Waals surface area contributed by atoms with Gasteiger partial charge in [0, 0.05) is 0 Å². The van der Waals surface area contributed by atoms with Gasteiger partial charge in [0.2, 0.25) is 0 Å². The summed E-state index contributed by atoms with van der Waals surface area (Å²) in [6.45, 7) is 1.94. The second kappa shape index (κ2) is 20.2. The molecule has 25 heavy (non-hydrogen) atoms. The number of hydrogen-bond donors (Lipinski definition) is 3. The lowest BCUT2D eigenvalue weighted by Gasteiger charge is -2.14. The van der Waals surface area contributed by atoms with E-state index in [0.29, 0.717) is 6.42 Å². The number of rotatable bonds is 20. The van der Waals surface area contributed by atoms with Crippen LogP contribution >= 0.6 is 0 Å². The lowest BCUT2D eigenvalue weighted by Crippen LogP contribution is -2.24. The van der Waals surface area contributed by atoms with E-state index < -0.39 is 12.4 Å². The zero-order valence-corrected chi connectivity index (χ0v) is 16.6. The fourth-order valence-electron chi connectivity index (χ4n) is 3.05. The van der Waals surface area contributed by atoms with Gasteiger partial charge in [0.1, 0.15) is 6.10 Å². The van der Waals surface area contributed by atoms with E-state index in [1.165, 1.54) is 83.5 Å². The lowest BCUT2D eigenvalue weighted by molar-refractivity contribution is -0.130. The molecule has 0 saturated heterocycles. The minimum Gasteiger partial charge on any atom is -0.394 e. The van der Waals surface area contributed by atoms with Crippen LogP contribution in [0.5, 0.6) is 0 Å². The van der Waals surface area contributed by atoms with Gasteiger partial charge in [-0.1, -0.05) is 96.8 Å². The van der Waals surface area contributed by atoms with E-state index in [0.717, 1.165) is 12.8 Å². The molecular weight excluding hydrogens is 316 g/mol. The molecule has 0 aromatic rings. The van der Waals surface area contributed by atoms with Crippen molar-refractivity contribution < 1.29 is 20.1 Å². The molecule has 0 radical (unpaired) electrons. The van der Waals surface area contributed by atoms with Gasteiger partial charge in [0.05, 0.1) is 13.2 Å². The van der Waals surface area contributed by atoms with Crippen molar-refractivity contribution in [2.45, 2.75) is 122 Å². The highest BCUT2D eigenvalue weighted by Crippen LogP contribution is 2.14. The van der Waals surface area contributed by atoms with Crippen molar-refractivity contribution in [1.82, 2.24) is 0 Å². The molecule has 2 unspecified atom stereocenters. The molecule has 0 amide bonds. The Morgan fingerprint density at radius 3 is 1.44 bits per heavy atom. The van der Waals surface area contributed by atoms with Crippen molar-refractivity contribution in [2.24, 2.45) is 0 Å². The van der Waals surface area contributed by atoms with Crippen LogP contribution in [0, 0.1) is 0 Å². The van der Waals surface area contributed by atoms with Gasteiger partial charge >= 0.3 is 0 Å². The first-order valence-electron chi connectivity index (χ1n) is 10.8. The molecule has 0 aromatic carbocycles. The first-order chi connectivity index (χ1) is 12.2. The van der Waals surface area contributed by atoms with Crippen LogP contribution in [0.3, 0.4) is 0 Å². The first-order valence-corrected chi connectivity index (χ1v) is 10.8. The van der Waals surface area contributed by atoms with Gasteiger partial charge in [0.15, 0.2) is 6.29 Å². The molecule has 0 rings (SSSR count). The maximum atomic E-state index is 9.58. The van der Waals surface area contributed by atoms with E-state index in [-0.39, 0.29) is 13.2 Å². The molecule has 0 aliphatic heterocycles. The Morgan fingerprint density at radius 1 is 0.640 bits per heavy atom. The van der Waals surface area contributed by atoms with Crippen molar-refractivity contribution >= 4 is 0 Å². The van der Waals surface area contributed by atoms with Crippen LogP contribution in [0.25, 0.3) is 0 Å². The zero-order chi connectivity index (χ0) is 18.6. The number of hydrogen-bond acceptors (Lipinski definition) is 4. The van der Waals surface area contributed by atoms with Crippen LogP contribution in [0.4, 0.5) is 0 Å². The summed E-state index contributed by atoms with van der Waals surface area (Å²) in [5.41, 5.74) is 0. The quantitative estimate of drug-likeness (QED) is 0.212. The van der Waals surface area contributed by atoms with Crippen molar-refractivity contribution in [3.63, 3.8) is 0 Å². The van der Waals surface area contributed by atoms with Gasteiger partial charge < -0.3 is 20.1 Å². The van der Waals surface area contributed by atoms with Crippen LogP contribution in [0.1, 0.15) is 110 Å². The Balaban J connectivity index is 3.11. The Kier molecular flexibility index (Phi) is 20.0. The number of ether oxygens (including phenoxy) is 1. The second-order valence-electron chi connectivity index (χ2n) is 7.36. The molecule has 0 fully saturated rings. The molecule has 0 spiro atoms. The van der Waals surface area contributed by atoms with Crippen molar-refractivity contribution in [3.05, 3.63) is 0 Å². The number of aliphatic hydroxyl groups is 3. The summed E-state index contributed by atoms with van der Waals surface area (Å²) in [4.78, 5) is 0. The van der Waals surface area contributed by atoms with E-state index >= 15 is 0 Å². The fourth-order valence-corrected chi connectivity index (χ4v) is 3.05. The highest BCUT2D eigenvalue weighted by molar-refractivity contribution is 4.53. The third-order valence-corrected chi connectivity index (χ3v) is 4.75. The first kappa shape index (κ1) is 24.8. The van der Waals surface area contributed by atoms with E-state index in [2.05, 4.69) is 6.92 Å². The minimum atomic E-state index is -0.893. The highest BCUT2D eigenvalue weighted by Gasteiger charge is 2.07. The van der Waals surface area contributed by atoms with Crippen molar-refractivity contribution in [3.8, 4) is 0 Å². The summed E-state index contributed by atoms with van der Waals surface area (Å²) in [6.07, 6.45) is 18.8. The third-order valence-electron chi connectivity index (χ3n) is 4.75. The van der Waals surface area contributed by atoms with Crippen LogP contribution in [-0.2, 0) is 4.74 Å². The Bertz CT molecular complexity index is 248. The normalized spacial score (nSPS) is 13.9. The van der Waals surface area contributed by atoms with Crippen LogP contribution < -0.4 is 0 Å². The van der Waals surface area contributed by atoms with E-state index in [9.17, 15) is 5.11 Å². The van der Waals surface area contributed by atoms with Gasteiger partial charge in [-0.25, -0.2) is 0 Å². The third kappa shape index (κ3) is 20.0. The van der Waals surface area contributed by atoms with Crippen LogP contribution in [-0.4, -0.2) is 40.9 Å². The SMILES string of the molecule is CCCCCCCCCCCCCCCCCC(O)OCC(O)CO. The fraction of sp³-hybridized carbons (Fsp3) is 1.00. The molecule has 3 N–H and O–H groups in total. The topological polar surface area (TPSA) is 69.9 Å². The molecule has 0 aromatic heterocycles. The summed E-state index contributed by atoms with van der Waals surface area (Å²) in [6, 6.07) is 0. The average molecular weight is 361 g/mol. The lowest BCUT2D eigenvalue weighted by atomic mass is 10.0. The van der Waals surface area contributed by atoms with Gasteiger partial charge in [0.25, 0.3) is 0 Å². The van der Waals surface area contributed by atoms with Crippen molar-refractivity contribution in [1.29, 1.82) is 0 Å². The average Bonchev–Trinajstić information content (AvgIpc) is 2.62. The maximum Gasteiger partial charge on any atom is 0.154 e. The monoisotopic (exact) mass is 360 g/mol. The largest absolute Gasteiger partial charge is 0.394 e. The second-order valence-corrected chi connectivity index (χ2v) is 7.36. The zero-order valence-electron chi connectivity index (χ0n) is 16.6. The summed E-state index contributed by atoms with van der Waals surface area (Å²) in [5.74, 6) is 0. The van der Waals surface area contributed by atoms with Crippen LogP contribution in [0.2, 0.25) is 0 Å². The van der Waals surface area contributed by atoms with Gasteiger partial charge in [-0.15, -0.1) is 0 Å². The predicted molar refractivity (Wildman–Crippen MR) is 105 cm³/mol. The molecule has 0 aliphatic rings. The van der Waals surface area contributed by atoms with Crippen molar-refractivity contribution in [2.75, 3.05) is 13.2 Å². The van der Waals surface area contributed by atoms with E-state index in [1.807, 2.05) is 0 Å². The predicted octanol–water partition coefficient (Wildman–Crippen LogP) is 4.94. The molecule has 0 saturated carbocycles. The maximum absolute atomic E-state index is 9.58. The molecule has 152 valence electrons. The molecule has 0 bridgehead atoms.